The van der Waals surface area contributed by atoms with E-state index in [1.54, 1.807) is 24.3 Å². The van der Waals surface area contributed by atoms with Crippen LogP contribution in [0.4, 0.5) is 10.1 Å². The van der Waals surface area contributed by atoms with Crippen LogP contribution in [0.25, 0.3) is 12.2 Å². The van der Waals surface area contributed by atoms with Crippen LogP contribution in [0, 0.1) is 5.82 Å². The van der Waals surface area contributed by atoms with Gasteiger partial charge < -0.3 is 5.32 Å². The van der Waals surface area contributed by atoms with Gasteiger partial charge in [-0.2, -0.15) is 0 Å². The summed E-state index contributed by atoms with van der Waals surface area (Å²) < 4.78 is 12.9. The first kappa shape index (κ1) is 21.9. The maximum absolute atomic E-state index is 12.9. The van der Waals surface area contributed by atoms with E-state index in [2.05, 4.69) is 20.5 Å². The number of anilines is 1. The van der Waals surface area contributed by atoms with Crippen molar-refractivity contribution in [1.82, 2.24) is 15.2 Å². The Kier molecular flexibility index (Phi) is 7.43. The molecule has 2 aromatic carbocycles. The standard InChI is InChI=1S/C18H11Cl4FN4OS/c19-11-7-12(20)16(22)17(15(11)21)25-14(28)8-29-18-24-13(26-27-18)6-3-9-1-4-10(23)5-2-9/h1-7H,8H2,(H,25,28)(H,24,26,27)/b6-3+. The van der Waals surface area contributed by atoms with Gasteiger partial charge in [0.25, 0.3) is 0 Å². The smallest absolute Gasteiger partial charge is 0.234 e. The van der Waals surface area contributed by atoms with E-state index in [-0.39, 0.29) is 43.3 Å². The Balaban J connectivity index is 1.58. The fourth-order valence-corrected chi connectivity index (χ4v) is 3.64. The zero-order valence-corrected chi connectivity index (χ0v) is 18.2. The number of hydrogen-bond acceptors (Lipinski definition) is 4. The number of nitrogens with one attached hydrogen (secondary N) is 2. The topological polar surface area (TPSA) is 70.7 Å². The highest BCUT2D eigenvalue weighted by molar-refractivity contribution is 7.99. The minimum atomic E-state index is -0.384. The molecule has 11 heteroatoms. The van der Waals surface area contributed by atoms with Gasteiger partial charge in [-0.1, -0.05) is 76.4 Å². The first-order valence-corrected chi connectivity index (χ1v) is 10.4. The Morgan fingerprint density at radius 1 is 1.10 bits per heavy atom. The SMILES string of the molecule is O=C(CSc1n[nH]c(/C=C/c2ccc(F)cc2)n1)Nc1c(Cl)c(Cl)cc(Cl)c1Cl. The highest BCUT2D eigenvalue weighted by Crippen LogP contribution is 2.41. The number of halogens is 5. The normalized spacial score (nSPS) is 11.2. The zero-order valence-electron chi connectivity index (χ0n) is 14.3. The van der Waals surface area contributed by atoms with Crippen LogP contribution in [0.3, 0.4) is 0 Å². The molecule has 3 rings (SSSR count). The molecule has 0 spiro atoms. The lowest BCUT2D eigenvalue weighted by Gasteiger charge is -2.11. The van der Waals surface area contributed by atoms with Crippen molar-refractivity contribution in [3.05, 3.63) is 67.6 Å². The second-order valence-corrected chi connectivity index (χ2v) is 8.08. The number of aromatic amines is 1. The molecule has 2 N–H and O–H groups in total. The Hall–Kier alpha value is -1.77. The molecule has 3 aromatic rings. The van der Waals surface area contributed by atoms with Crippen LogP contribution in [-0.4, -0.2) is 26.8 Å². The number of H-pyrrole nitrogens is 1. The molecule has 1 heterocycles. The van der Waals surface area contributed by atoms with E-state index in [0.717, 1.165) is 17.3 Å². The fraction of sp³-hybridized carbons (Fsp3) is 0.0556. The van der Waals surface area contributed by atoms with E-state index < -0.39 is 0 Å². The average molecular weight is 492 g/mol. The summed E-state index contributed by atoms with van der Waals surface area (Å²) >= 11 is 25.2. The molecule has 0 fully saturated rings. The number of thioether (sulfide) groups is 1. The summed E-state index contributed by atoms with van der Waals surface area (Å²) in [6, 6.07) is 7.41. The van der Waals surface area contributed by atoms with E-state index in [4.69, 9.17) is 46.4 Å². The Morgan fingerprint density at radius 3 is 2.41 bits per heavy atom. The van der Waals surface area contributed by atoms with Crippen molar-refractivity contribution in [2.75, 3.05) is 11.1 Å². The van der Waals surface area contributed by atoms with Crippen molar-refractivity contribution in [1.29, 1.82) is 0 Å². The number of carbonyl (C=O) groups is 1. The summed E-state index contributed by atoms with van der Waals surface area (Å²) in [4.78, 5) is 16.5. The van der Waals surface area contributed by atoms with Crippen molar-refractivity contribution in [3.8, 4) is 0 Å². The third-order valence-corrected chi connectivity index (χ3v) is 5.92. The van der Waals surface area contributed by atoms with Crippen molar-refractivity contribution >= 4 is 81.9 Å². The summed E-state index contributed by atoms with van der Waals surface area (Å²) in [6.45, 7) is 0. The molecule has 0 saturated heterocycles. The minimum Gasteiger partial charge on any atom is -0.323 e. The maximum atomic E-state index is 12.9. The first-order valence-electron chi connectivity index (χ1n) is 7.95. The fourth-order valence-electron chi connectivity index (χ4n) is 2.13. The Labute approximate surface area is 189 Å². The van der Waals surface area contributed by atoms with E-state index in [1.807, 2.05) is 0 Å². The van der Waals surface area contributed by atoms with Gasteiger partial charge in [0, 0.05) is 0 Å². The molecular formula is C18H11Cl4FN4OS. The molecule has 0 radical (unpaired) electrons. The molecule has 150 valence electrons. The molecule has 0 bridgehead atoms. The Morgan fingerprint density at radius 2 is 1.76 bits per heavy atom. The molecule has 0 atom stereocenters. The second-order valence-electron chi connectivity index (χ2n) is 5.57. The molecule has 0 saturated carbocycles. The first-order chi connectivity index (χ1) is 13.8. The molecule has 0 aliphatic carbocycles. The number of hydrogen-bond donors (Lipinski definition) is 2. The average Bonchev–Trinajstić information content (AvgIpc) is 3.16. The third-order valence-electron chi connectivity index (χ3n) is 3.49. The van der Waals surface area contributed by atoms with Gasteiger partial charge in [-0.15, -0.1) is 5.10 Å². The highest BCUT2D eigenvalue weighted by atomic mass is 35.5. The van der Waals surface area contributed by atoms with E-state index >= 15 is 0 Å². The molecule has 0 aliphatic heterocycles. The number of benzene rings is 2. The molecule has 5 nitrogen and oxygen atoms in total. The quantitative estimate of drug-likeness (QED) is 0.306. The molecular weight excluding hydrogens is 481 g/mol. The minimum absolute atomic E-state index is 0.00968. The van der Waals surface area contributed by atoms with Gasteiger partial charge in [0.1, 0.15) is 11.6 Å². The lowest BCUT2D eigenvalue weighted by molar-refractivity contribution is -0.113. The van der Waals surface area contributed by atoms with Crippen LogP contribution >= 0.6 is 58.2 Å². The number of aromatic nitrogens is 3. The molecule has 1 aromatic heterocycles. The van der Waals surface area contributed by atoms with Crippen molar-refractivity contribution in [3.63, 3.8) is 0 Å². The summed E-state index contributed by atoms with van der Waals surface area (Å²) in [7, 11) is 0. The second kappa shape index (κ2) is 9.82. The lowest BCUT2D eigenvalue weighted by Crippen LogP contribution is -2.15. The number of rotatable bonds is 6. The summed E-state index contributed by atoms with van der Waals surface area (Å²) in [5.74, 6) is -0.188. The van der Waals surface area contributed by atoms with Gasteiger partial charge in [0.15, 0.2) is 0 Å². The van der Waals surface area contributed by atoms with Crippen LogP contribution in [0.1, 0.15) is 11.4 Å². The molecule has 1 amide bonds. The predicted molar refractivity (Wildman–Crippen MR) is 118 cm³/mol. The third kappa shape index (κ3) is 5.87. The van der Waals surface area contributed by atoms with Crippen LogP contribution in [0.15, 0.2) is 35.5 Å². The summed E-state index contributed by atoms with van der Waals surface area (Å²) in [5, 5.41) is 10.3. The molecule has 29 heavy (non-hydrogen) atoms. The van der Waals surface area contributed by atoms with E-state index in [9.17, 15) is 9.18 Å². The van der Waals surface area contributed by atoms with Crippen molar-refractivity contribution in [2.45, 2.75) is 5.16 Å². The van der Waals surface area contributed by atoms with Crippen LogP contribution in [0.5, 0.6) is 0 Å². The molecule has 0 unspecified atom stereocenters. The number of carbonyl (C=O) groups excluding carboxylic acids is 1. The zero-order chi connectivity index (χ0) is 21.0. The summed E-state index contributed by atoms with van der Waals surface area (Å²) in [5.41, 5.74) is 0.958. The maximum Gasteiger partial charge on any atom is 0.234 e. The van der Waals surface area contributed by atoms with E-state index in [0.29, 0.717) is 11.0 Å². The largest absolute Gasteiger partial charge is 0.323 e. The molecule has 0 aliphatic rings. The van der Waals surface area contributed by atoms with Gasteiger partial charge in [-0.25, -0.2) is 9.37 Å². The van der Waals surface area contributed by atoms with Gasteiger partial charge in [0.2, 0.25) is 11.1 Å². The van der Waals surface area contributed by atoms with Gasteiger partial charge >= 0.3 is 0 Å². The monoisotopic (exact) mass is 490 g/mol. The van der Waals surface area contributed by atoms with Crippen LogP contribution in [-0.2, 0) is 4.79 Å². The number of nitrogens with zero attached hydrogens (tertiary/aromatic N) is 2. The van der Waals surface area contributed by atoms with Crippen molar-refractivity contribution in [2.24, 2.45) is 0 Å². The van der Waals surface area contributed by atoms with Gasteiger partial charge in [-0.05, 0) is 29.8 Å². The summed E-state index contributed by atoms with van der Waals surface area (Å²) in [6.07, 6.45) is 3.45. The van der Waals surface area contributed by atoms with E-state index in [1.165, 1.54) is 18.2 Å². The predicted octanol–water partition coefficient (Wildman–Crippen LogP) is 6.46. The van der Waals surface area contributed by atoms with Crippen LogP contribution in [0.2, 0.25) is 20.1 Å². The lowest BCUT2D eigenvalue weighted by atomic mass is 10.2. The van der Waals surface area contributed by atoms with Gasteiger partial charge in [-0.3, -0.25) is 9.89 Å². The van der Waals surface area contributed by atoms with Crippen LogP contribution < -0.4 is 5.32 Å². The number of amides is 1. The van der Waals surface area contributed by atoms with Gasteiger partial charge in [0.05, 0.1) is 31.5 Å². The highest BCUT2D eigenvalue weighted by Gasteiger charge is 2.17. The van der Waals surface area contributed by atoms with Crippen molar-refractivity contribution < 1.29 is 9.18 Å². The Bertz CT molecular complexity index is 1050.